The molecule has 2 nitrogen and oxygen atoms in total. The topological polar surface area (TPSA) is 15.3 Å². The molecule has 1 heterocycles. The zero-order chi connectivity index (χ0) is 13.1. The first-order chi connectivity index (χ1) is 9.33. The van der Waals surface area contributed by atoms with Crippen molar-refractivity contribution in [3.05, 3.63) is 34.9 Å². The van der Waals surface area contributed by atoms with Crippen molar-refractivity contribution in [3.63, 3.8) is 0 Å². The third-order valence-corrected chi connectivity index (χ3v) is 4.70. The Bertz CT molecular complexity index is 421. The molecule has 1 unspecified atom stereocenters. The number of likely N-dealkylation sites (tertiary alicyclic amines) is 1. The maximum absolute atomic E-state index is 3.68. The number of aryl methyl sites for hydroxylation is 2. The van der Waals surface area contributed by atoms with Crippen molar-refractivity contribution >= 4 is 0 Å². The molecule has 1 saturated heterocycles. The number of rotatable bonds is 5. The summed E-state index contributed by atoms with van der Waals surface area (Å²) in [6.07, 6.45) is 6.69. The molecule has 1 aromatic rings. The average molecular weight is 258 g/mol. The predicted octanol–water partition coefficient (Wildman–Crippen LogP) is 2.92. The van der Waals surface area contributed by atoms with Crippen molar-refractivity contribution in [2.75, 3.05) is 26.2 Å². The van der Waals surface area contributed by atoms with E-state index in [9.17, 15) is 0 Å². The van der Waals surface area contributed by atoms with Crippen LogP contribution in [0.1, 0.15) is 48.9 Å². The third kappa shape index (κ3) is 3.18. The standard InChI is InChI=1S/C17H26N2/c1-14(18-9-12-19-10-2-3-11-19)16-8-7-15-5-4-6-17(15)13-16/h7-8,13-14,18H,2-6,9-12H2,1H3. The minimum Gasteiger partial charge on any atom is -0.309 e. The minimum absolute atomic E-state index is 0.480. The fraction of sp³-hybridized carbons (Fsp3) is 0.647. The van der Waals surface area contributed by atoms with Gasteiger partial charge >= 0.3 is 0 Å². The molecule has 1 aliphatic carbocycles. The third-order valence-electron chi connectivity index (χ3n) is 4.70. The van der Waals surface area contributed by atoms with Crippen LogP contribution in [0.4, 0.5) is 0 Å². The van der Waals surface area contributed by atoms with Crippen molar-refractivity contribution in [1.29, 1.82) is 0 Å². The number of hydrogen-bond acceptors (Lipinski definition) is 2. The summed E-state index contributed by atoms with van der Waals surface area (Å²) in [7, 11) is 0. The lowest BCUT2D eigenvalue weighted by molar-refractivity contribution is 0.330. The van der Waals surface area contributed by atoms with Crippen LogP contribution in [0, 0.1) is 0 Å². The van der Waals surface area contributed by atoms with E-state index in [0.29, 0.717) is 6.04 Å². The molecule has 1 fully saturated rings. The lowest BCUT2D eigenvalue weighted by atomic mass is 10.0. The Hall–Kier alpha value is -0.860. The predicted molar refractivity (Wildman–Crippen MR) is 80.6 cm³/mol. The molecule has 0 amide bonds. The van der Waals surface area contributed by atoms with Crippen LogP contribution in [-0.4, -0.2) is 31.1 Å². The van der Waals surface area contributed by atoms with Crippen LogP contribution in [0.5, 0.6) is 0 Å². The smallest absolute Gasteiger partial charge is 0.0292 e. The Morgan fingerprint density at radius 3 is 2.74 bits per heavy atom. The summed E-state index contributed by atoms with van der Waals surface area (Å²) in [5.41, 5.74) is 4.63. The normalized spacial score (nSPS) is 20.7. The Balaban J connectivity index is 1.50. The molecule has 2 heteroatoms. The monoisotopic (exact) mass is 258 g/mol. The first-order valence-electron chi connectivity index (χ1n) is 7.90. The van der Waals surface area contributed by atoms with E-state index in [0.717, 1.165) is 6.54 Å². The molecule has 2 aliphatic rings. The molecular formula is C17H26N2. The molecule has 0 radical (unpaired) electrons. The van der Waals surface area contributed by atoms with Gasteiger partial charge in [0.15, 0.2) is 0 Å². The van der Waals surface area contributed by atoms with Crippen LogP contribution in [0.3, 0.4) is 0 Å². The largest absolute Gasteiger partial charge is 0.309 e. The molecule has 19 heavy (non-hydrogen) atoms. The van der Waals surface area contributed by atoms with E-state index in [-0.39, 0.29) is 0 Å². The average Bonchev–Trinajstić information content (AvgIpc) is 3.08. The summed E-state index contributed by atoms with van der Waals surface area (Å²) in [5.74, 6) is 0. The maximum atomic E-state index is 3.68. The summed E-state index contributed by atoms with van der Waals surface area (Å²) < 4.78 is 0. The van der Waals surface area contributed by atoms with E-state index in [1.54, 1.807) is 11.1 Å². The van der Waals surface area contributed by atoms with Gasteiger partial charge in [-0.25, -0.2) is 0 Å². The van der Waals surface area contributed by atoms with Crippen LogP contribution in [0.25, 0.3) is 0 Å². The van der Waals surface area contributed by atoms with Gasteiger partial charge in [-0.1, -0.05) is 18.2 Å². The molecule has 0 aromatic heterocycles. The van der Waals surface area contributed by atoms with Gasteiger partial charge in [0.1, 0.15) is 0 Å². The molecule has 0 bridgehead atoms. The van der Waals surface area contributed by atoms with Crippen LogP contribution < -0.4 is 5.32 Å². The van der Waals surface area contributed by atoms with Gasteiger partial charge in [0.05, 0.1) is 0 Å². The SMILES string of the molecule is CC(NCCN1CCCC1)c1ccc2c(c1)CCC2. The lowest BCUT2D eigenvalue weighted by Gasteiger charge is -2.19. The van der Waals surface area contributed by atoms with Crippen molar-refractivity contribution in [2.24, 2.45) is 0 Å². The molecule has 1 atom stereocenters. The molecule has 1 N–H and O–H groups in total. The molecule has 3 rings (SSSR count). The molecule has 0 saturated carbocycles. The van der Waals surface area contributed by atoms with Gasteiger partial charge in [0, 0.05) is 19.1 Å². The Kier molecular flexibility index (Phi) is 4.19. The highest BCUT2D eigenvalue weighted by Gasteiger charge is 2.14. The van der Waals surface area contributed by atoms with Crippen molar-refractivity contribution in [2.45, 2.75) is 45.1 Å². The van der Waals surface area contributed by atoms with E-state index in [1.165, 1.54) is 57.3 Å². The molecule has 0 spiro atoms. The van der Waals surface area contributed by atoms with Gasteiger partial charge in [-0.2, -0.15) is 0 Å². The lowest BCUT2D eigenvalue weighted by Crippen LogP contribution is -2.31. The quantitative estimate of drug-likeness (QED) is 0.873. The van der Waals surface area contributed by atoms with Crippen LogP contribution in [0.15, 0.2) is 18.2 Å². The Morgan fingerprint density at radius 2 is 1.89 bits per heavy atom. The summed E-state index contributed by atoms with van der Waals surface area (Å²) in [6.45, 7) is 7.21. The van der Waals surface area contributed by atoms with Crippen molar-refractivity contribution in [3.8, 4) is 0 Å². The highest BCUT2D eigenvalue weighted by Crippen LogP contribution is 2.25. The van der Waals surface area contributed by atoms with Gasteiger partial charge in [-0.15, -0.1) is 0 Å². The molecule has 104 valence electrons. The van der Waals surface area contributed by atoms with Crippen LogP contribution in [0.2, 0.25) is 0 Å². The molecule has 1 aromatic carbocycles. The zero-order valence-electron chi connectivity index (χ0n) is 12.1. The van der Waals surface area contributed by atoms with E-state index in [4.69, 9.17) is 0 Å². The summed E-state index contributed by atoms with van der Waals surface area (Å²) in [4.78, 5) is 2.57. The second-order valence-corrected chi connectivity index (χ2v) is 6.11. The molecule has 1 aliphatic heterocycles. The first kappa shape index (κ1) is 13.1. The Labute approximate surface area is 117 Å². The second-order valence-electron chi connectivity index (χ2n) is 6.11. The fourth-order valence-electron chi connectivity index (χ4n) is 3.42. The highest BCUT2D eigenvalue weighted by molar-refractivity contribution is 5.36. The van der Waals surface area contributed by atoms with Gasteiger partial charge in [0.25, 0.3) is 0 Å². The fourth-order valence-corrected chi connectivity index (χ4v) is 3.42. The minimum atomic E-state index is 0.480. The number of fused-ring (bicyclic) bond motifs is 1. The second kappa shape index (κ2) is 6.06. The van der Waals surface area contributed by atoms with Crippen molar-refractivity contribution in [1.82, 2.24) is 10.2 Å². The van der Waals surface area contributed by atoms with E-state index < -0.39 is 0 Å². The van der Waals surface area contributed by atoms with Gasteiger partial charge in [-0.05, 0) is 68.8 Å². The highest BCUT2D eigenvalue weighted by atomic mass is 15.1. The number of nitrogens with zero attached hydrogens (tertiary/aromatic N) is 1. The van der Waals surface area contributed by atoms with E-state index in [1.807, 2.05) is 0 Å². The number of nitrogens with one attached hydrogen (secondary N) is 1. The summed E-state index contributed by atoms with van der Waals surface area (Å²) >= 11 is 0. The number of hydrogen-bond donors (Lipinski definition) is 1. The van der Waals surface area contributed by atoms with Crippen LogP contribution in [-0.2, 0) is 12.8 Å². The van der Waals surface area contributed by atoms with Crippen LogP contribution >= 0.6 is 0 Å². The maximum Gasteiger partial charge on any atom is 0.0292 e. The first-order valence-corrected chi connectivity index (χ1v) is 7.90. The van der Waals surface area contributed by atoms with Crippen molar-refractivity contribution < 1.29 is 0 Å². The summed E-state index contributed by atoms with van der Waals surface area (Å²) in [5, 5.41) is 3.68. The van der Waals surface area contributed by atoms with Gasteiger partial charge in [-0.3, -0.25) is 0 Å². The van der Waals surface area contributed by atoms with Gasteiger partial charge in [0.2, 0.25) is 0 Å². The van der Waals surface area contributed by atoms with Gasteiger partial charge < -0.3 is 10.2 Å². The molecular weight excluding hydrogens is 232 g/mol. The zero-order valence-corrected chi connectivity index (χ0v) is 12.1. The van der Waals surface area contributed by atoms with E-state index >= 15 is 0 Å². The number of benzene rings is 1. The summed E-state index contributed by atoms with van der Waals surface area (Å²) in [6, 6.07) is 7.57. The Morgan fingerprint density at radius 1 is 1.11 bits per heavy atom. The van der Waals surface area contributed by atoms with E-state index in [2.05, 4.69) is 35.3 Å².